The molecule has 132 valence electrons. The van der Waals surface area contributed by atoms with Crippen molar-refractivity contribution in [3.8, 4) is 0 Å². The van der Waals surface area contributed by atoms with Gasteiger partial charge in [-0.2, -0.15) is 0 Å². The monoisotopic (exact) mass is 334 g/mol. The molecular formula is C17H26N4O3. The predicted octanol–water partition coefficient (Wildman–Crippen LogP) is 1.78. The topological polar surface area (TPSA) is 99.3 Å². The number of urea groups is 1. The number of anilines is 1. The van der Waals surface area contributed by atoms with E-state index in [0.29, 0.717) is 16.8 Å². The maximum atomic E-state index is 12.1. The van der Waals surface area contributed by atoms with Crippen LogP contribution in [0.5, 0.6) is 0 Å². The SMILES string of the molecule is CNC(=O)c1cccc(NC(=O)NC(C)C(=O)NC(C)(C)C)c1C. The van der Waals surface area contributed by atoms with Crippen LogP contribution in [-0.4, -0.2) is 36.5 Å². The van der Waals surface area contributed by atoms with Crippen molar-refractivity contribution in [2.45, 2.75) is 46.2 Å². The molecule has 7 nitrogen and oxygen atoms in total. The molecule has 24 heavy (non-hydrogen) atoms. The van der Waals surface area contributed by atoms with Crippen molar-refractivity contribution in [2.75, 3.05) is 12.4 Å². The number of hydrogen-bond acceptors (Lipinski definition) is 3. The zero-order chi connectivity index (χ0) is 18.5. The summed E-state index contributed by atoms with van der Waals surface area (Å²) in [6.45, 7) is 8.95. The molecule has 0 saturated carbocycles. The van der Waals surface area contributed by atoms with E-state index >= 15 is 0 Å². The van der Waals surface area contributed by atoms with Gasteiger partial charge in [0.1, 0.15) is 6.04 Å². The first-order valence-electron chi connectivity index (χ1n) is 7.76. The van der Waals surface area contributed by atoms with E-state index in [4.69, 9.17) is 0 Å². The highest BCUT2D eigenvalue weighted by Crippen LogP contribution is 2.18. The number of amides is 4. The molecule has 0 aliphatic heterocycles. The molecule has 0 radical (unpaired) electrons. The lowest BCUT2D eigenvalue weighted by atomic mass is 10.1. The Balaban J connectivity index is 2.75. The van der Waals surface area contributed by atoms with E-state index in [0.717, 1.165) is 0 Å². The van der Waals surface area contributed by atoms with Crippen LogP contribution in [-0.2, 0) is 4.79 Å². The van der Waals surface area contributed by atoms with Gasteiger partial charge in [-0.05, 0) is 52.3 Å². The summed E-state index contributed by atoms with van der Waals surface area (Å²) in [4.78, 5) is 35.9. The second-order valence-corrected chi connectivity index (χ2v) is 6.62. The van der Waals surface area contributed by atoms with Gasteiger partial charge in [-0.15, -0.1) is 0 Å². The Labute approximate surface area is 142 Å². The summed E-state index contributed by atoms with van der Waals surface area (Å²) >= 11 is 0. The average Bonchev–Trinajstić information content (AvgIpc) is 2.46. The molecule has 0 bridgehead atoms. The van der Waals surface area contributed by atoms with Gasteiger partial charge < -0.3 is 21.3 Å². The van der Waals surface area contributed by atoms with Crippen LogP contribution >= 0.6 is 0 Å². The van der Waals surface area contributed by atoms with E-state index < -0.39 is 12.1 Å². The van der Waals surface area contributed by atoms with Crippen LogP contribution in [0.15, 0.2) is 18.2 Å². The van der Waals surface area contributed by atoms with E-state index in [1.807, 2.05) is 20.8 Å². The minimum Gasteiger partial charge on any atom is -0.355 e. The maximum Gasteiger partial charge on any atom is 0.319 e. The van der Waals surface area contributed by atoms with Crippen LogP contribution in [0.3, 0.4) is 0 Å². The van der Waals surface area contributed by atoms with Gasteiger partial charge in [0.25, 0.3) is 5.91 Å². The van der Waals surface area contributed by atoms with Crippen LogP contribution in [0.4, 0.5) is 10.5 Å². The fraction of sp³-hybridized carbons (Fsp3) is 0.471. The summed E-state index contributed by atoms with van der Waals surface area (Å²) in [6.07, 6.45) is 0. The minimum atomic E-state index is -0.688. The van der Waals surface area contributed by atoms with Crippen LogP contribution < -0.4 is 21.3 Å². The summed E-state index contributed by atoms with van der Waals surface area (Å²) in [5.41, 5.74) is 1.27. The molecule has 0 aromatic heterocycles. The summed E-state index contributed by atoms with van der Waals surface area (Å²) in [7, 11) is 1.55. The molecule has 1 unspecified atom stereocenters. The fourth-order valence-electron chi connectivity index (χ4n) is 2.05. The van der Waals surface area contributed by atoms with Crippen molar-refractivity contribution in [1.29, 1.82) is 0 Å². The highest BCUT2D eigenvalue weighted by molar-refractivity contribution is 5.99. The van der Waals surface area contributed by atoms with Gasteiger partial charge in [0.2, 0.25) is 5.91 Å². The molecule has 1 aromatic carbocycles. The lowest BCUT2D eigenvalue weighted by molar-refractivity contribution is -0.123. The highest BCUT2D eigenvalue weighted by atomic mass is 16.2. The molecule has 7 heteroatoms. The molecular weight excluding hydrogens is 308 g/mol. The molecule has 0 aliphatic rings. The van der Waals surface area contributed by atoms with Gasteiger partial charge in [-0.1, -0.05) is 6.07 Å². The van der Waals surface area contributed by atoms with Gasteiger partial charge in [-0.25, -0.2) is 4.79 Å². The van der Waals surface area contributed by atoms with Crippen LogP contribution in [0.25, 0.3) is 0 Å². The van der Waals surface area contributed by atoms with Gasteiger partial charge in [0, 0.05) is 23.8 Å². The van der Waals surface area contributed by atoms with Gasteiger partial charge in [0.05, 0.1) is 0 Å². The van der Waals surface area contributed by atoms with Crippen molar-refractivity contribution in [2.24, 2.45) is 0 Å². The molecule has 0 heterocycles. The summed E-state index contributed by atoms with van der Waals surface area (Å²) < 4.78 is 0. The Kier molecular flexibility index (Phi) is 6.34. The number of hydrogen-bond donors (Lipinski definition) is 4. The van der Waals surface area contributed by atoms with Crippen molar-refractivity contribution in [3.05, 3.63) is 29.3 Å². The Bertz CT molecular complexity index is 635. The van der Waals surface area contributed by atoms with Crippen molar-refractivity contribution in [3.63, 3.8) is 0 Å². The van der Waals surface area contributed by atoms with Gasteiger partial charge in [-0.3, -0.25) is 9.59 Å². The molecule has 0 spiro atoms. The lowest BCUT2D eigenvalue weighted by Crippen LogP contribution is -2.51. The molecule has 1 rings (SSSR count). The first kappa shape index (κ1) is 19.5. The van der Waals surface area contributed by atoms with Crippen molar-refractivity contribution >= 4 is 23.5 Å². The predicted molar refractivity (Wildman–Crippen MR) is 94.1 cm³/mol. The summed E-state index contributed by atoms with van der Waals surface area (Å²) in [5, 5.41) is 10.6. The van der Waals surface area contributed by atoms with Gasteiger partial charge in [0.15, 0.2) is 0 Å². The number of carbonyl (C=O) groups excluding carboxylic acids is 3. The Morgan fingerprint density at radius 2 is 1.75 bits per heavy atom. The summed E-state index contributed by atoms with van der Waals surface area (Å²) in [5.74, 6) is -0.497. The largest absolute Gasteiger partial charge is 0.355 e. The third-order valence-corrected chi connectivity index (χ3v) is 3.29. The van der Waals surface area contributed by atoms with Crippen molar-refractivity contribution < 1.29 is 14.4 Å². The van der Waals surface area contributed by atoms with Crippen LogP contribution in [0.2, 0.25) is 0 Å². The first-order valence-corrected chi connectivity index (χ1v) is 7.76. The zero-order valence-electron chi connectivity index (χ0n) is 15.0. The molecule has 1 atom stereocenters. The van der Waals surface area contributed by atoms with E-state index in [-0.39, 0.29) is 17.4 Å². The molecule has 4 N–H and O–H groups in total. The fourth-order valence-corrected chi connectivity index (χ4v) is 2.05. The van der Waals surface area contributed by atoms with E-state index in [2.05, 4.69) is 21.3 Å². The molecule has 0 saturated heterocycles. The smallest absolute Gasteiger partial charge is 0.319 e. The number of nitrogens with one attached hydrogen (secondary N) is 4. The number of carbonyl (C=O) groups is 3. The molecule has 0 aliphatic carbocycles. The standard InChI is InChI=1S/C17H26N4O3/c1-10-12(15(23)18-6)8-7-9-13(10)20-16(24)19-11(2)14(22)21-17(3,4)5/h7-9,11H,1-6H3,(H,18,23)(H,21,22)(H2,19,20,24). The molecule has 1 aromatic rings. The quantitative estimate of drug-likeness (QED) is 0.675. The second kappa shape index (κ2) is 7.81. The summed E-state index contributed by atoms with van der Waals surface area (Å²) in [6, 6.07) is 3.86. The van der Waals surface area contributed by atoms with Crippen LogP contribution in [0.1, 0.15) is 43.6 Å². The Hall–Kier alpha value is -2.57. The third kappa shape index (κ3) is 5.57. The van der Waals surface area contributed by atoms with E-state index in [1.54, 1.807) is 39.1 Å². The van der Waals surface area contributed by atoms with Crippen LogP contribution in [0, 0.1) is 6.92 Å². The minimum absolute atomic E-state index is 0.227. The second-order valence-electron chi connectivity index (χ2n) is 6.62. The van der Waals surface area contributed by atoms with E-state index in [1.165, 1.54) is 0 Å². The maximum absolute atomic E-state index is 12.1. The molecule has 0 fully saturated rings. The average molecular weight is 334 g/mol. The zero-order valence-corrected chi connectivity index (χ0v) is 15.0. The lowest BCUT2D eigenvalue weighted by Gasteiger charge is -2.23. The number of rotatable bonds is 4. The third-order valence-electron chi connectivity index (χ3n) is 3.29. The molecule has 4 amide bonds. The van der Waals surface area contributed by atoms with E-state index in [9.17, 15) is 14.4 Å². The Morgan fingerprint density at radius 1 is 1.12 bits per heavy atom. The number of benzene rings is 1. The van der Waals surface area contributed by atoms with Crippen molar-refractivity contribution in [1.82, 2.24) is 16.0 Å². The Morgan fingerprint density at radius 3 is 2.29 bits per heavy atom. The normalized spacial score (nSPS) is 12.1. The highest BCUT2D eigenvalue weighted by Gasteiger charge is 2.21. The first-order chi connectivity index (χ1) is 11.0. The van der Waals surface area contributed by atoms with Gasteiger partial charge >= 0.3 is 6.03 Å².